The first-order chi connectivity index (χ1) is 17.5. The largest absolute Gasteiger partial charge is 0.474 e. The number of piperidine rings is 1. The monoisotopic (exact) mass is 504 g/mol. The van der Waals surface area contributed by atoms with Crippen molar-refractivity contribution in [2.24, 2.45) is 0 Å². The molecule has 0 unspecified atom stereocenters. The zero-order chi connectivity index (χ0) is 25.3. The number of aryl methyl sites for hydroxylation is 1. The van der Waals surface area contributed by atoms with Crippen LogP contribution in [0.5, 0.6) is 5.88 Å². The number of ether oxygens (including phenoxy) is 1. The summed E-state index contributed by atoms with van der Waals surface area (Å²) in [4.78, 5) is 28.5. The summed E-state index contributed by atoms with van der Waals surface area (Å²) in [6.07, 6.45) is 10.4. The molecule has 188 valence electrons. The molecular weight excluding hydrogens is 472 g/mol. The summed E-state index contributed by atoms with van der Waals surface area (Å²) >= 11 is 5.84. The van der Waals surface area contributed by atoms with E-state index < -0.39 is 5.54 Å². The lowest BCUT2D eigenvalue weighted by molar-refractivity contribution is -0.123. The van der Waals surface area contributed by atoms with E-state index in [0.29, 0.717) is 27.9 Å². The minimum absolute atomic E-state index is 0.0418. The molecule has 0 radical (unpaired) electrons. The average Bonchev–Trinajstić information content (AvgIpc) is 3.10. The van der Waals surface area contributed by atoms with E-state index in [0.717, 1.165) is 50.9 Å². The van der Waals surface area contributed by atoms with Gasteiger partial charge in [-0.15, -0.1) is 0 Å². The maximum atomic E-state index is 13.6. The first-order valence-corrected chi connectivity index (χ1v) is 13.3. The summed E-state index contributed by atoms with van der Waals surface area (Å²) in [5.41, 5.74) is 1.75. The number of likely N-dealkylation sites (tertiary alicyclic amines) is 1. The number of unbranched alkanes of at least 4 members (excludes halogenated alkanes) is 1. The molecule has 2 aliphatic heterocycles. The van der Waals surface area contributed by atoms with Gasteiger partial charge < -0.3 is 14.5 Å². The van der Waals surface area contributed by atoms with Crippen LogP contribution in [-0.4, -0.2) is 57.2 Å². The first-order valence-electron chi connectivity index (χ1n) is 12.9. The smallest absolute Gasteiger partial charge is 0.259 e. The molecule has 3 fully saturated rings. The number of amides is 1. The van der Waals surface area contributed by atoms with Gasteiger partial charge in [-0.2, -0.15) is 5.26 Å². The van der Waals surface area contributed by atoms with Gasteiger partial charge in [0, 0.05) is 19.2 Å². The first kappa shape index (κ1) is 24.6. The van der Waals surface area contributed by atoms with Crippen LogP contribution in [-0.2, 0) is 4.79 Å². The van der Waals surface area contributed by atoms with Crippen LogP contribution in [0.3, 0.4) is 0 Å². The Hall–Kier alpha value is -3.09. The average molecular weight is 505 g/mol. The van der Waals surface area contributed by atoms with Gasteiger partial charge in [0.25, 0.3) is 5.91 Å². The number of thiocarbonyl (C=S) groups is 1. The van der Waals surface area contributed by atoms with Gasteiger partial charge >= 0.3 is 0 Å². The van der Waals surface area contributed by atoms with Crippen LogP contribution in [0.1, 0.15) is 63.1 Å². The molecule has 1 amide bonds. The number of hydrogen-bond donors (Lipinski definition) is 0. The molecule has 1 aliphatic carbocycles. The summed E-state index contributed by atoms with van der Waals surface area (Å²) < 4.78 is 6.19. The Morgan fingerprint density at radius 2 is 1.94 bits per heavy atom. The minimum atomic E-state index is -0.686. The standard InChI is InChI=1S/C27H32N6O2S/c1-3-4-12-31-13-8-22(9-14-31)35-24-7-6-20(17-30-24)33-26(36)32(25(34)27(33)10-5-11-27)21-15-19(2)23(16-28)29-18-21/h6-7,15,17-18,22H,3-5,8-14H2,1-2H3. The lowest BCUT2D eigenvalue weighted by Gasteiger charge is -2.42. The third kappa shape index (κ3) is 4.33. The molecular formula is C27H32N6O2S. The highest BCUT2D eigenvalue weighted by molar-refractivity contribution is 7.81. The maximum Gasteiger partial charge on any atom is 0.259 e. The molecule has 3 aliphatic rings. The summed E-state index contributed by atoms with van der Waals surface area (Å²) in [7, 11) is 0. The lowest BCUT2D eigenvalue weighted by atomic mass is 9.75. The molecule has 1 spiro atoms. The Morgan fingerprint density at radius 3 is 2.53 bits per heavy atom. The van der Waals surface area contributed by atoms with E-state index in [1.54, 1.807) is 23.4 Å². The number of carbonyl (C=O) groups excluding carboxylic acids is 1. The normalized spacial score (nSPS) is 20.0. The molecule has 0 bridgehead atoms. The van der Waals surface area contributed by atoms with E-state index in [2.05, 4.69) is 27.9 Å². The Morgan fingerprint density at radius 1 is 1.19 bits per heavy atom. The third-order valence-electron chi connectivity index (χ3n) is 7.65. The van der Waals surface area contributed by atoms with Crippen LogP contribution >= 0.6 is 12.2 Å². The van der Waals surface area contributed by atoms with Gasteiger partial charge in [-0.3, -0.25) is 9.69 Å². The molecule has 5 rings (SSSR count). The summed E-state index contributed by atoms with van der Waals surface area (Å²) in [5, 5.41) is 9.64. The number of nitriles is 1. The van der Waals surface area contributed by atoms with Gasteiger partial charge in [0.05, 0.1) is 23.8 Å². The molecule has 0 atom stereocenters. The molecule has 2 saturated heterocycles. The quantitative estimate of drug-likeness (QED) is 0.514. The second kappa shape index (κ2) is 10.1. The minimum Gasteiger partial charge on any atom is -0.474 e. The molecule has 4 heterocycles. The van der Waals surface area contributed by atoms with Crippen molar-refractivity contribution in [3.8, 4) is 11.9 Å². The van der Waals surface area contributed by atoms with Crippen molar-refractivity contribution in [1.29, 1.82) is 5.26 Å². The van der Waals surface area contributed by atoms with E-state index >= 15 is 0 Å². The van der Waals surface area contributed by atoms with E-state index in [1.807, 2.05) is 24.0 Å². The van der Waals surface area contributed by atoms with Crippen molar-refractivity contribution in [2.45, 2.75) is 70.4 Å². The number of anilines is 2. The number of nitrogens with zero attached hydrogens (tertiary/aromatic N) is 6. The SMILES string of the molecule is CCCCN1CCC(Oc2ccc(N3C(=S)N(c4cnc(C#N)c(C)c4)C(=O)C34CCC4)cn2)CC1. The van der Waals surface area contributed by atoms with Crippen LogP contribution in [0.4, 0.5) is 11.4 Å². The van der Waals surface area contributed by atoms with Gasteiger partial charge in [-0.05, 0) is 81.9 Å². The summed E-state index contributed by atoms with van der Waals surface area (Å²) in [6, 6.07) is 7.70. The fourth-order valence-electron chi connectivity index (χ4n) is 5.39. The number of pyridine rings is 2. The summed E-state index contributed by atoms with van der Waals surface area (Å²) in [6.45, 7) is 7.34. The number of hydrogen-bond acceptors (Lipinski definition) is 7. The van der Waals surface area contributed by atoms with Crippen molar-refractivity contribution in [3.05, 3.63) is 41.9 Å². The molecule has 9 heteroatoms. The van der Waals surface area contributed by atoms with Crippen LogP contribution in [0.2, 0.25) is 0 Å². The molecule has 2 aromatic rings. The van der Waals surface area contributed by atoms with E-state index in [9.17, 15) is 10.1 Å². The Kier molecular flexibility index (Phi) is 6.91. The van der Waals surface area contributed by atoms with Crippen LogP contribution in [0.15, 0.2) is 30.6 Å². The van der Waals surface area contributed by atoms with Gasteiger partial charge in [0.2, 0.25) is 5.88 Å². The highest BCUT2D eigenvalue weighted by atomic mass is 32.1. The zero-order valence-electron chi connectivity index (χ0n) is 20.9. The predicted molar refractivity (Wildman–Crippen MR) is 142 cm³/mol. The molecule has 0 aromatic carbocycles. The zero-order valence-corrected chi connectivity index (χ0v) is 21.8. The van der Waals surface area contributed by atoms with Crippen LogP contribution < -0.4 is 14.5 Å². The van der Waals surface area contributed by atoms with E-state index in [-0.39, 0.29) is 12.0 Å². The Bertz CT molecular complexity index is 1180. The number of carbonyl (C=O) groups is 1. The Balaban J connectivity index is 1.31. The predicted octanol–water partition coefficient (Wildman–Crippen LogP) is 4.36. The Labute approximate surface area is 217 Å². The van der Waals surface area contributed by atoms with Gasteiger partial charge in [0.1, 0.15) is 23.4 Å². The van der Waals surface area contributed by atoms with Gasteiger partial charge in [-0.1, -0.05) is 13.3 Å². The maximum absolute atomic E-state index is 13.6. The number of aromatic nitrogens is 2. The van der Waals surface area contributed by atoms with Crippen molar-refractivity contribution in [3.63, 3.8) is 0 Å². The molecule has 8 nitrogen and oxygen atoms in total. The molecule has 1 saturated carbocycles. The third-order valence-corrected chi connectivity index (χ3v) is 8.01. The lowest BCUT2D eigenvalue weighted by Crippen LogP contribution is -2.55. The molecule has 2 aromatic heterocycles. The summed E-state index contributed by atoms with van der Waals surface area (Å²) in [5.74, 6) is 0.563. The van der Waals surface area contributed by atoms with Gasteiger partial charge in [0.15, 0.2) is 5.11 Å². The van der Waals surface area contributed by atoms with Crippen molar-refractivity contribution < 1.29 is 9.53 Å². The second-order valence-electron chi connectivity index (χ2n) is 9.98. The topological polar surface area (TPSA) is 85.6 Å². The van der Waals surface area contributed by atoms with Crippen molar-refractivity contribution in [1.82, 2.24) is 14.9 Å². The van der Waals surface area contributed by atoms with E-state index in [4.69, 9.17) is 17.0 Å². The van der Waals surface area contributed by atoms with Crippen LogP contribution in [0, 0.1) is 18.3 Å². The van der Waals surface area contributed by atoms with Crippen molar-refractivity contribution >= 4 is 34.6 Å². The fourth-order valence-corrected chi connectivity index (χ4v) is 5.85. The molecule has 0 N–H and O–H groups in total. The van der Waals surface area contributed by atoms with Crippen LogP contribution in [0.25, 0.3) is 0 Å². The van der Waals surface area contributed by atoms with Crippen molar-refractivity contribution in [2.75, 3.05) is 29.4 Å². The van der Waals surface area contributed by atoms with E-state index in [1.165, 1.54) is 19.4 Å². The van der Waals surface area contributed by atoms with Gasteiger partial charge in [-0.25, -0.2) is 9.97 Å². The fraction of sp³-hybridized carbons (Fsp3) is 0.519. The molecule has 36 heavy (non-hydrogen) atoms. The highest BCUT2D eigenvalue weighted by Gasteiger charge is 2.59. The highest BCUT2D eigenvalue weighted by Crippen LogP contribution is 2.47. The number of rotatable bonds is 7. The second-order valence-corrected chi connectivity index (χ2v) is 10.3.